The Balaban J connectivity index is 2.25. The molecule has 0 N–H and O–H groups in total. The van der Waals surface area contributed by atoms with Gasteiger partial charge in [0.05, 0.1) is 6.61 Å². The highest BCUT2D eigenvalue weighted by atomic mass is 19.1. The van der Waals surface area contributed by atoms with Gasteiger partial charge < -0.3 is 4.74 Å². The molecule has 2 aromatic rings. The number of ether oxygens (including phenoxy) is 1. The van der Waals surface area contributed by atoms with Crippen LogP contribution in [0.5, 0.6) is 5.75 Å². The summed E-state index contributed by atoms with van der Waals surface area (Å²) in [6.07, 6.45) is 0. The first-order valence-electron chi connectivity index (χ1n) is 5.61. The SMILES string of the molecule is [CH2]C(C)(C)COc1ccc2ccc(F)cc2c1. The number of hydrogen-bond acceptors (Lipinski definition) is 1. The molecule has 1 nitrogen and oxygen atoms in total. The Labute approximate surface area is 101 Å². The van der Waals surface area contributed by atoms with E-state index in [2.05, 4.69) is 6.92 Å². The van der Waals surface area contributed by atoms with Crippen LogP contribution in [0.4, 0.5) is 4.39 Å². The van der Waals surface area contributed by atoms with Gasteiger partial charge >= 0.3 is 0 Å². The summed E-state index contributed by atoms with van der Waals surface area (Å²) in [5.41, 5.74) is -0.128. The maximum Gasteiger partial charge on any atom is 0.123 e. The van der Waals surface area contributed by atoms with Crippen LogP contribution in [0, 0.1) is 18.2 Å². The van der Waals surface area contributed by atoms with Crippen LogP contribution in [-0.4, -0.2) is 6.61 Å². The van der Waals surface area contributed by atoms with Crippen molar-refractivity contribution in [1.82, 2.24) is 0 Å². The number of hydrogen-bond donors (Lipinski definition) is 0. The Kier molecular flexibility index (Phi) is 3.05. The smallest absolute Gasteiger partial charge is 0.123 e. The van der Waals surface area contributed by atoms with E-state index in [4.69, 9.17) is 4.74 Å². The topological polar surface area (TPSA) is 9.23 Å². The molecule has 1 radical (unpaired) electrons. The molecule has 0 bridgehead atoms. The molecule has 17 heavy (non-hydrogen) atoms. The van der Waals surface area contributed by atoms with Gasteiger partial charge in [-0.1, -0.05) is 26.0 Å². The van der Waals surface area contributed by atoms with Gasteiger partial charge in [0.1, 0.15) is 11.6 Å². The summed E-state index contributed by atoms with van der Waals surface area (Å²) >= 11 is 0. The summed E-state index contributed by atoms with van der Waals surface area (Å²) in [4.78, 5) is 0. The normalized spacial score (nSPS) is 11.8. The first-order valence-corrected chi connectivity index (χ1v) is 5.61. The second-order valence-corrected chi connectivity index (χ2v) is 5.11. The second kappa shape index (κ2) is 4.36. The highest BCUT2D eigenvalue weighted by Crippen LogP contribution is 2.23. The molecule has 89 valence electrons. The van der Waals surface area contributed by atoms with Gasteiger partial charge in [0.25, 0.3) is 0 Å². The van der Waals surface area contributed by atoms with E-state index >= 15 is 0 Å². The fourth-order valence-electron chi connectivity index (χ4n) is 1.56. The van der Waals surface area contributed by atoms with E-state index in [1.165, 1.54) is 12.1 Å². The maximum absolute atomic E-state index is 13.1. The van der Waals surface area contributed by atoms with Crippen LogP contribution < -0.4 is 4.74 Å². The van der Waals surface area contributed by atoms with Gasteiger partial charge in [0, 0.05) is 0 Å². The Morgan fingerprint density at radius 1 is 1.12 bits per heavy atom. The fourth-order valence-corrected chi connectivity index (χ4v) is 1.56. The largest absolute Gasteiger partial charge is 0.493 e. The minimum absolute atomic E-state index is 0.128. The predicted molar refractivity (Wildman–Crippen MR) is 68.5 cm³/mol. The van der Waals surface area contributed by atoms with Gasteiger partial charge in [-0.2, -0.15) is 0 Å². The molecule has 2 rings (SSSR count). The predicted octanol–water partition coefficient (Wildman–Crippen LogP) is 4.22. The Bertz CT molecular complexity index is 526. The van der Waals surface area contributed by atoms with Crippen LogP contribution in [0.25, 0.3) is 10.8 Å². The van der Waals surface area contributed by atoms with Crippen molar-refractivity contribution < 1.29 is 9.13 Å². The highest BCUT2D eigenvalue weighted by molar-refractivity contribution is 5.83. The van der Waals surface area contributed by atoms with E-state index in [-0.39, 0.29) is 11.2 Å². The molecule has 0 unspecified atom stereocenters. The molecule has 0 amide bonds. The van der Waals surface area contributed by atoms with Crippen LogP contribution >= 0.6 is 0 Å². The quantitative estimate of drug-likeness (QED) is 0.768. The monoisotopic (exact) mass is 231 g/mol. The molecule has 0 saturated carbocycles. The first-order chi connectivity index (χ1) is 7.94. The van der Waals surface area contributed by atoms with Crippen molar-refractivity contribution in [2.24, 2.45) is 5.41 Å². The van der Waals surface area contributed by atoms with E-state index in [1.807, 2.05) is 32.0 Å². The molecule has 2 aromatic carbocycles. The number of rotatable bonds is 3. The van der Waals surface area contributed by atoms with Crippen molar-refractivity contribution >= 4 is 10.8 Å². The lowest BCUT2D eigenvalue weighted by molar-refractivity contribution is 0.220. The molecule has 0 atom stereocenters. The molecule has 0 fully saturated rings. The van der Waals surface area contributed by atoms with Gasteiger partial charge in [0.2, 0.25) is 0 Å². The zero-order valence-corrected chi connectivity index (χ0v) is 10.2. The Hall–Kier alpha value is -1.57. The van der Waals surface area contributed by atoms with E-state index < -0.39 is 0 Å². The summed E-state index contributed by atoms with van der Waals surface area (Å²) in [5, 5.41) is 1.86. The van der Waals surface area contributed by atoms with Crippen molar-refractivity contribution in [3.63, 3.8) is 0 Å². The standard InChI is InChI=1S/C15H16FO/c1-15(2,3)10-17-14-7-5-11-4-6-13(16)8-12(11)9-14/h4-9H,1,10H2,2-3H3. The third kappa shape index (κ3) is 3.19. The van der Waals surface area contributed by atoms with Gasteiger partial charge in [-0.15, -0.1) is 0 Å². The van der Waals surface area contributed by atoms with Crippen molar-refractivity contribution in [2.45, 2.75) is 13.8 Å². The molecule has 0 saturated heterocycles. The summed E-state index contributed by atoms with van der Waals surface area (Å²) in [5.74, 6) is 0.520. The molecule has 0 heterocycles. The molecular weight excluding hydrogens is 215 g/mol. The van der Waals surface area contributed by atoms with Crippen LogP contribution in [0.15, 0.2) is 36.4 Å². The average molecular weight is 231 g/mol. The van der Waals surface area contributed by atoms with Crippen molar-refractivity contribution in [2.75, 3.05) is 6.61 Å². The van der Waals surface area contributed by atoms with E-state index in [0.717, 1.165) is 16.5 Å². The summed E-state index contributed by atoms with van der Waals surface area (Å²) in [7, 11) is 0. The Morgan fingerprint density at radius 2 is 1.82 bits per heavy atom. The van der Waals surface area contributed by atoms with E-state index in [9.17, 15) is 4.39 Å². The summed E-state index contributed by atoms with van der Waals surface area (Å²) < 4.78 is 18.7. The summed E-state index contributed by atoms with van der Waals surface area (Å²) in [6, 6.07) is 10.4. The third-order valence-corrected chi connectivity index (χ3v) is 2.40. The van der Waals surface area contributed by atoms with Crippen LogP contribution in [0.3, 0.4) is 0 Å². The van der Waals surface area contributed by atoms with Gasteiger partial charge in [-0.25, -0.2) is 4.39 Å². The lowest BCUT2D eigenvalue weighted by atomic mass is 9.99. The lowest BCUT2D eigenvalue weighted by Crippen LogP contribution is -2.17. The number of fused-ring (bicyclic) bond motifs is 1. The maximum atomic E-state index is 13.1. The molecule has 0 aliphatic carbocycles. The first kappa shape index (κ1) is 11.9. The zero-order chi connectivity index (χ0) is 12.5. The third-order valence-electron chi connectivity index (χ3n) is 2.40. The summed E-state index contributed by atoms with van der Waals surface area (Å²) in [6.45, 7) is 8.53. The molecular formula is C15H16FO. The van der Waals surface area contributed by atoms with Crippen LogP contribution in [-0.2, 0) is 0 Å². The molecule has 0 aromatic heterocycles. The minimum atomic E-state index is -0.230. The molecule has 0 aliphatic heterocycles. The highest BCUT2D eigenvalue weighted by Gasteiger charge is 2.11. The van der Waals surface area contributed by atoms with E-state index in [1.54, 1.807) is 6.07 Å². The van der Waals surface area contributed by atoms with Gasteiger partial charge in [0.15, 0.2) is 0 Å². The molecule has 2 heteroatoms. The fraction of sp³-hybridized carbons (Fsp3) is 0.267. The van der Waals surface area contributed by atoms with E-state index in [0.29, 0.717) is 6.61 Å². The second-order valence-electron chi connectivity index (χ2n) is 5.11. The average Bonchev–Trinajstić information content (AvgIpc) is 2.24. The minimum Gasteiger partial charge on any atom is -0.493 e. The van der Waals surface area contributed by atoms with Gasteiger partial charge in [-0.05, 0) is 47.4 Å². The number of benzene rings is 2. The van der Waals surface area contributed by atoms with Crippen LogP contribution in [0.2, 0.25) is 0 Å². The van der Waals surface area contributed by atoms with Crippen molar-refractivity contribution in [3.05, 3.63) is 49.1 Å². The molecule has 0 aliphatic rings. The lowest BCUT2D eigenvalue weighted by Gasteiger charge is -2.18. The Morgan fingerprint density at radius 3 is 2.53 bits per heavy atom. The van der Waals surface area contributed by atoms with Crippen molar-refractivity contribution in [1.29, 1.82) is 0 Å². The molecule has 0 spiro atoms. The zero-order valence-electron chi connectivity index (χ0n) is 10.2. The van der Waals surface area contributed by atoms with Gasteiger partial charge in [-0.3, -0.25) is 0 Å². The number of halogens is 1. The van der Waals surface area contributed by atoms with Crippen molar-refractivity contribution in [3.8, 4) is 5.75 Å². The van der Waals surface area contributed by atoms with Crippen LogP contribution in [0.1, 0.15) is 13.8 Å².